The monoisotopic (exact) mass is 408 g/mol. The van der Waals surface area contributed by atoms with Gasteiger partial charge in [-0.15, -0.1) is 0 Å². The minimum absolute atomic E-state index is 0.355. The molecule has 0 aliphatic carbocycles. The van der Waals surface area contributed by atoms with E-state index in [1.807, 2.05) is 6.07 Å². The van der Waals surface area contributed by atoms with Crippen LogP contribution in [0.25, 0.3) is 0 Å². The van der Waals surface area contributed by atoms with Crippen molar-refractivity contribution in [3.63, 3.8) is 0 Å². The summed E-state index contributed by atoms with van der Waals surface area (Å²) in [5.74, 6) is 0. The Hall–Kier alpha value is -1.37. The lowest BCUT2D eigenvalue weighted by molar-refractivity contribution is 0.384. The first-order valence-electron chi connectivity index (χ1n) is 8.11. The predicted octanol–water partition coefficient (Wildman–Crippen LogP) is 3.52. The molecule has 0 unspecified atom stereocenters. The van der Waals surface area contributed by atoms with Gasteiger partial charge < -0.3 is 4.90 Å². The van der Waals surface area contributed by atoms with E-state index in [2.05, 4.69) is 46.0 Å². The molecule has 1 aliphatic rings. The summed E-state index contributed by atoms with van der Waals surface area (Å²) in [6.07, 6.45) is 0.980. The summed E-state index contributed by atoms with van der Waals surface area (Å²) in [6.45, 7) is 4.60. The van der Waals surface area contributed by atoms with Crippen LogP contribution in [0.3, 0.4) is 0 Å². The van der Waals surface area contributed by atoms with Crippen molar-refractivity contribution in [1.29, 1.82) is 0 Å². The second kappa shape index (κ2) is 7.25. The minimum atomic E-state index is -3.41. The van der Waals surface area contributed by atoms with E-state index >= 15 is 0 Å². The van der Waals surface area contributed by atoms with Gasteiger partial charge >= 0.3 is 0 Å². The number of piperazine rings is 1. The first kappa shape index (κ1) is 17.5. The Bertz CT molecular complexity index is 798. The van der Waals surface area contributed by atoms with Gasteiger partial charge in [-0.25, -0.2) is 8.42 Å². The van der Waals surface area contributed by atoms with Gasteiger partial charge in [-0.2, -0.15) is 4.31 Å². The van der Waals surface area contributed by atoms with E-state index in [1.165, 1.54) is 11.3 Å². The van der Waals surface area contributed by atoms with Gasteiger partial charge in [-0.05, 0) is 42.3 Å². The molecule has 1 saturated heterocycles. The molecule has 0 radical (unpaired) electrons. The number of rotatable bonds is 4. The molecular formula is C18H21BrN2O2S. The molecule has 0 saturated carbocycles. The topological polar surface area (TPSA) is 40.6 Å². The van der Waals surface area contributed by atoms with Crippen LogP contribution in [-0.4, -0.2) is 38.9 Å². The van der Waals surface area contributed by atoms with Crippen LogP contribution in [0, 0.1) is 0 Å². The largest absolute Gasteiger partial charge is 0.369 e. The van der Waals surface area contributed by atoms with Crippen molar-refractivity contribution < 1.29 is 8.42 Å². The number of anilines is 1. The van der Waals surface area contributed by atoms with Gasteiger partial charge in [0.2, 0.25) is 10.0 Å². The Kier molecular flexibility index (Phi) is 5.27. The van der Waals surface area contributed by atoms with Crippen LogP contribution in [0.2, 0.25) is 0 Å². The van der Waals surface area contributed by atoms with Crippen molar-refractivity contribution in [1.82, 2.24) is 4.31 Å². The van der Waals surface area contributed by atoms with Crippen LogP contribution in [-0.2, 0) is 16.4 Å². The zero-order chi connectivity index (χ0) is 17.2. The minimum Gasteiger partial charge on any atom is -0.369 e. The van der Waals surface area contributed by atoms with E-state index in [-0.39, 0.29) is 0 Å². The zero-order valence-corrected chi connectivity index (χ0v) is 16.1. The van der Waals surface area contributed by atoms with E-state index in [4.69, 9.17) is 0 Å². The van der Waals surface area contributed by atoms with Crippen molar-refractivity contribution in [2.24, 2.45) is 0 Å². The van der Waals surface area contributed by atoms with Crippen LogP contribution < -0.4 is 4.90 Å². The number of hydrogen-bond donors (Lipinski definition) is 0. The van der Waals surface area contributed by atoms with Crippen molar-refractivity contribution >= 4 is 31.6 Å². The molecule has 1 fully saturated rings. The lowest BCUT2D eigenvalue weighted by Crippen LogP contribution is -2.48. The maximum absolute atomic E-state index is 12.8. The second-order valence-electron chi connectivity index (χ2n) is 5.83. The van der Waals surface area contributed by atoms with Crippen LogP contribution in [0.4, 0.5) is 5.69 Å². The lowest BCUT2D eigenvalue weighted by Gasteiger charge is -2.36. The molecule has 6 heteroatoms. The van der Waals surface area contributed by atoms with Gasteiger partial charge in [0.05, 0.1) is 4.90 Å². The summed E-state index contributed by atoms with van der Waals surface area (Å²) in [7, 11) is -3.41. The fourth-order valence-corrected chi connectivity index (χ4v) is 4.73. The summed E-state index contributed by atoms with van der Waals surface area (Å²) < 4.78 is 28.0. The van der Waals surface area contributed by atoms with Crippen LogP contribution in [0.1, 0.15) is 12.5 Å². The number of benzene rings is 2. The molecule has 0 aromatic heterocycles. The third kappa shape index (κ3) is 3.50. The lowest BCUT2D eigenvalue weighted by atomic mass is 10.1. The Morgan fingerprint density at radius 3 is 2.21 bits per heavy atom. The first-order chi connectivity index (χ1) is 11.5. The molecule has 1 aliphatic heterocycles. The highest BCUT2D eigenvalue weighted by atomic mass is 79.9. The highest BCUT2D eigenvalue weighted by molar-refractivity contribution is 9.10. The normalized spacial score (nSPS) is 16.3. The number of hydrogen-bond acceptors (Lipinski definition) is 3. The molecule has 2 aromatic carbocycles. The smallest absolute Gasteiger partial charge is 0.243 e. The fraction of sp³-hybridized carbons (Fsp3) is 0.333. The number of para-hydroxylation sites is 1. The third-order valence-corrected chi connectivity index (χ3v) is 6.84. The first-order valence-corrected chi connectivity index (χ1v) is 10.3. The quantitative estimate of drug-likeness (QED) is 0.776. The summed E-state index contributed by atoms with van der Waals surface area (Å²) in [5, 5.41) is 0. The fourth-order valence-electron chi connectivity index (χ4n) is 3.04. The molecule has 0 atom stereocenters. The average molecular weight is 409 g/mol. The van der Waals surface area contributed by atoms with E-state index < -0.39 is 10.0 Å². The van der Waals surface area contributed by atoms with Gasteiger partial charge in [-0.3, -0.25) is 0 Å². The Balaban J connectivity index is 1.74. The molecular weight excluding hydrogens is 388 g/mol. The summed E-state index contributed by atoms with van der Waals surface area (Å²) in [6, 6.07) is 15.2. The molecule has 3 rings (SSSR count). The van der Waals surface area contributed by atoms with E-state index in [9.17, 15) is 8.42 Å². The third-order valence-electron chi connectivity index (χ3n) is 4.40. The maximum Gasteiger partial charge on any atom is 0.243 e. The number of nitrogens with zero attached hydrogens (tertiary/aromatic N) is 2. The Labute approximate surface area is 152 Å². The number of sulfonamides is 1. The van der Waals surface area contributed by atoms with Crippen molar-refractivity contribution in [2.45, 2.75) is 18.2 Å². The van der Waals surface area contributed by atoms with Gasteiger partial charge in [0.1, 0.15) is 0 Å². The Morgan fingerprint density at radius 2 is 1.58 bits per heavy atom. The van der Waals surface area contributed by atoms with Gasteiger partial charge in [0.25, 0.3) is 0 Å². The van der Waals surface area contributed by atoms with Gasteiger partial charge in [0, 0.05) is 36.3 Å². The van der Waals surface area contributed by atoms with Crippen LogP contribution in [0.5, 0.6) is 0 Å². The van der Waals surface area contributed by atoms with Crippen molar-refractivity contribution in [3.8, 4) is 0 Å². The maximum atomic E-state index is 12.8. The van der Waals surface area contributed by atoms with Crippen molar-refractivity contribution in [3.05, 3.63) is 58.6 Å². The van der Waals surface area contributed by atoms with E-state index in [0.29, 0.717) is 31.1 Å². The highest BCUT2D eigenvalue weighted by Crippen LogP contribution is 2.25. The van der Waals surface area contributed by atoms with E-state index in [1.54, 1.807) is 28.6 Å². The van der Waals surface area contributed by atoms with Crippen LogP contribution >= 0.6 is 15.9 Å². The number of halogens is 1. The predicted molar refractivity (Wildman–Crippen MR) is 101 cm³/mol. The average Bonchev–Trinajstić information content (AvgIpc) is 2.62. The highest BCUT2D eigenvalue weighted by Gasteiger charge is 2.28. The molecule has 24 heavy (non-hydrogen) atoms. The molecule has 4 nitrogen and oxygen atoms in total. The molecule has 0 N–H and O–H groups in total. The molecule has 0 bridgehead atoms. The summed E-state index contributed by atoms with van der Waals surface area (Å²) in [4.78, 5) is 2.64. The Morgan fingerprint density at radius 1 is 0.958 bits per heavy atom. The summed E-state index contributed by atoms with van der Waals surface area (Å²) in [5.41, 5.74) is 2.53. The second-order valence-corrected chi connectivity index (χ2v) is 8.68. The van der Waals surface area contributed by atoms with Gasteiger partial charge in [0.15, 0.2) is 0 Å². The van der Waals surface area contributed by atoms with E-state index in [0.717, 1.165) is 10.9 Å². The molecule has 0 amide bonds. The molecule has 1 heterocycles. The SMILES string of the molecule is CCc1ccccc1N1CCN(S(=O)(=O)c2ccc(Br)cc2)CC1. The molecule has 2 aromatic rings. The summed E-state index contributed by atoms with van der Waals surface area (Å²) >= 11 is 3.34. The zero-order valence-electron chi connectivity index (χ0n) is 13.7. The standard InChI is InChI=1S/C18H21BrN2O2S/c1-2-15-5-3-4-6-18(15)20-11-13-21(14-12-20)24(22,23)17-9-7-16(19)8-10-17/h3-10H,2,11-14H2,1H3. The molecule has 0 spiro atoms. The van der Waals surface area contributed by atoms with Crippen molar-refractivity contribution in [2.75, 3.05) is 31.1 Å². The molecule has 128 valence electrons. The van der Waals surface area contributed by atoms with Gasteiger partial charge in [-0.1, -0.05) is 41.1 Å². The number of aryl methyl sites for hydroxylation is 1. The van der Waals surface area contributed by atoms with Crippen LogP contribution in [0.15, 0.2) is 57.9 Å².